The summed E-state index contributed by atoms with van der Waals surface area (Å²) in [5, 5.41) is 4.83. The van der Waals surface area contributed by atoms with Crippen molar-refractivity contribution in [3.05, 3.63) is 60.9 Å². The summed E-state index contributed by atoms with van der Waals surface area (Å²) in [4.78, 5) is 19.4. The lowest BCUT2D eigenvalue weighted by atomic mass is 10.3. The molecule has 31 heavy (non-hydrogen) atoms. The third-order valence-electron chi connectivity index (χ3n) is 4.65. The zero-order valence-corrected chi connectivity index (χ0v) is 18.0. The van der Waals surface area contributed by atoms with Gasteiger partial charge in [-0.2, -0.15) is 5.10 Å². The van der Waals surface area contributed by atoms with E-state index in [2.05, 4.69) is 10.1 Å². The quantitative estimate of drug-likeness (QED) is 0.397. The number of thiazole rings is 1. The van der Waals surface area contributed by atoms with Crippen LogP contribution < -0.4 is 19.1 Å². The summed E-state index contributed by atoms with van der Waals surface area (Å²) in [6, 6.07) is 14.6. The number of hydrogen-bond acceptors (Lipinski definition) is 7. The normalized spacial score (nSPS) is 10.8. The monoisotopic (exact) mass is 438 g/mol. The van der Waals surface area contributed by atoms with Crippen LogP contribution in [-0.4, -0.2) is 48.0 Å². The van der Waals surface area contributed by atoms with Gasteiger partial charge in [0.1, 0.15) is 17.2 Å². The van der Waals surface area contributed by atoms with Crippen molar-refractivity contribution in [1.82, 2.24) is 14.8 Å². The predicted octanol–water partition coefficient (Wildman–Crippen LogP) is 3.62. The Bertz CT molecular complexity index is 1140. The number of methoxy groups -OCH3 is 2. The largest absolute Gasteiger partial charge is 0.497 e. The standard InChI is InChI=1S/C22H22N4O4S/c1-28-16-4-6-17(7-5-16)30-15-21(27)26(13-12-25-11-3-10-23-25)22-24-19-9-8-18(29-2)14-20(19)31-22/h3-11,14H,12-13,15H2,1-2H3. The molecule has 0 aliphatic rings. The molecule has 160 valence electrons. The van der Waals surface area contributed by atoms with Crippen molar-refractivity contribution >= 4 is 32.6 Å². The molecule has 0 aliphatic heterocycles. The zero-order chi connectivity index (χ0) is 21.6. The highest BCUT2D eigenvalue weighted by atomic mass is 32.1. The van der Waals surface area contributed by atoms with E-state index in [0.717, 1.165) is 21.7 Å². The molecule has 0 unspecified atom stereocenters. The fraction of sp³-hybridized carbons (Fsp3) is 0.227. The topological polar surface area (TPSA) is 78.7 Å². The summed E-state index contributed by atoms with van der Waals surface area (Å²) in [6.45, 7) is 0.856. The number of benzene rings is 2. The lowest BCUT2D eigenvalue weighted by Crippen LogP contribution is -2.37. The van der Waals surface area contributed by atoms with E-state index in [9.17, 15) is 4.79 Å². The highest BCUT2D eigenvalue weighted by Gasteiger charge is 2.21. The maximum atomic E-state index is 13.1. The van der Waals surface area contributed by atoms with Crippen LogP contribution in [0.15, 0.2) is 60.9 Å². The molecule has 0 aliphatic carbocycles. The van der Waals surface area contributed by atoms with Crippen molar-refractivity contribution < 1.29 is 19.0 Å². The molecule has 0 radical (unpaired) electrons. The fourth-order valence-electron chi connectivity index (χ4n) is 2.99. The number of aromatic nitrogens is 3. The SMILES string of the molecule is COc1ccc(OCC(=O)N(CCn2cccn2)c2nc3ccc(OC)cc3s2)cc1. The van der Waals surface area contributed by atoms with Crippen molar-refractivity contribution in [3.63, 3.8) is 0 Å². The molecule has 1 amide bonds. The first kappa shape index (κ1) is 20.7. The number of rotatable bonds is 9. The molecule has 8 nitrogen and oxygen atoms in total. The highest BCUT2D eigenvalue weighted by molar-refractivity contribution is 7.22. The lowest BCUT2D eigenvalue weighted by Gasteiger charge is -2.20. The number of carbonyl (C=O) groups excluding carboxylic acids is 1. The number of amides is 1. The van der Waals surface area contributed by atoms with Crippen molar-refractivity contribution in [2.24, 2.45) is 0 Å². The van der Waals surface area contributed by atoms with Crippen LogP contribution >= 0.6 is 11.3 Å². The second kappa shape index (κ2) is 9.48. The van der Waals surface area contributed by atoms with E-state index >= 15 is 0 Å². The number of anilines is 1. The van der Waals surface area contributed by atoms with Gasteiger partial charge in [-0.25, -0.2) is 4.98 Å². The first-order valence-electron chi connectivity index (χ1n) is 9.65. The van der Waals surface area contributed by atoms with Gasteiger partial charge >= 0.3 is 0 Å². The maximum absolute atomic E-state index is 13.1. The van der Waals surface area contributed by atoms with Gasteiger partial charge < -0.3 is 14.2 Å². The molecule has 2 heterocycles. The van der Waals surface area contributed by atoms with Gasteiger partial charge in [-0.15, -0.1) is 0 Å². The number of ether oxygens (including phenoxy) is 3. The predicted molar refractivity (Wildman–Crippen MR) is 119 cm³/mol. The van der Waals surface area contributed by atoms with Crippen LogP contribution in [0, 0.1) is 0 Å². The molecule has 2 aromatic carbocycles. The Hall–Kier alpha value is -3.59. The van der Waals surface area contributed by atoms with Crippen LogP contribution in [0.25, 0.3) is 10.2 Å². The molecule has 4 aromatic rings. The van der Waals surface area contributed by atoms with Gasteiger partial charge in [0.25, 0.3) is 5.91 Å². The molecule has 0 spiro atoms. The minimum absolute atomic E-state index is 0.106. The summed E-state index contributed by atoms with van der Waals surface area (Å²) in [7, 11) is 3.23. The van der Waals surface area contributed by atoms with Gasteiger partial charge in [0.15, 0.2) is 11.7 Å². The summed E-state index contributed by atoms with van der Waals surface area (Å²) >= 11 is 1.44. The van der Waals surface area contributed by atoms with E-state index in [-0.39, 0.29) is 12.5 Å². The summed E-state index contributed by atoms with van der Waals surface area (Å²) < 4.78 is 18.9. The average Bonchev–Trinajstić information content (AvgIpc) is 3.47. The smallest absolute Gasteiger partial charge is 0.266 e. The summed E-state index contributed by atoms with van der Waals surface area (Å²) in [6.07, 6.45) is 3.57. The molecule has 0 atom stereocenters. The van der Waals surface area contributed by atoms with E-state index in [0.29, 0.717) is 24.0 Å². The summed E-state index contributed by atoms with van der Waals surface area (Å²) in [5.41, 5.74) is 0.814. The van der Waals surface area contributed by atoms with E-state index in [1.165, 1.54) is 11.3 Å². The molecule has 9 heteroatoms. The van der Waals surface area contributed by atoms with E-state index in [1.54, 1.807) is 54.3 Å². The molecule has 0 N–H and O–H groups in total. The van der Waals surface area contributed by atoms with Crippen LogP contribution in [0.3, 0.4) is 0 Å². The number of nitrogens with zero attached hydrogens (tertiary/aromatic N) is 4. The fourth-order valence-corrected chi connectivity index (χ4v) is 4.03. The Labute approximate surface area is 183 Å². The Morgan fingerprint density at radius 1 is 1.06 bits per heavy atom. The number of carbonyl (C=O) groups is 1. The molecule has 0 saturated heterocycles. The van der Waals surface area contributed by atoms with Crippen molar-refractivity contribution in [2.45, 2.75) is 6.54 Å². The number of fused-ring (bicyclic) bond motifs is 1. The highest BCUT2D eigenvalue weighted by Crippen LogP contribution is 2.31. The van der Waals surface area contributed by atoms with Gasteiger partial charge in [0, 0.05) is 18.9 Å². The van der Waals surface area contributed by atoms with Crippen LogP contribution in [0.4, 0.5) is 5.13 Å². The van der Waals surface area contributed by atoms with Gasteiger partial charge in [-0.3, -0.25) is 14.4 Å². The second-order valence-corrected chi connectivity index (χ2v) is 7.62. The minimum atomic E-state index is -0.186. The maximum Gasteiger partial charge on any atom is 0.266 e. The molecule has 2 aromatic heterocycles. The molecule has 4 rings (SSSR count). The third-order valence-corrected chi connectivity index (χ3v) is 5.69. The Morgan fingerprint density at radius 3 is 2.52 bits per heavy atom. The van der Waals surface area contributed by atoms with Crippen LogP contribution in [0.1, 0.15) is 0 Å². The van der Waals surface area contributed by atoms with Crippen molar-refractivity contribution in [3.8, 4) is 17.2 Å². The van der Waals surface area contributed by atoms with Gasteiger partial charge in [-0.05, 0) is 48.5 Å². The lowest BCUT2D eigenvalue weighted by molar-refractivity contribution is -0.120. The Kier molecular flexibility index (Phi) is 6.32. The number of hydrogen-bond donors (Lipinski definition) is 0. The zero-order valence-electron chi connectivity index (χ0n) is 17.2. The average molecular weight is 439 g/mol. The molecular formula is C22H22N4O4S. The molecule has 0 fully saturated rings. The molecule has 0 saturated carbocycles. The van der Waals surface area contributed by atoms with E-state index < -0.39 is 0 Å². The Balaban J connectivity index is 1.53. The second-order valence-electron chi connectivity index (χ2n) is 6.61. The minimum Gasteiger partial charge on any atom is -0.497 e. The Morgan fingerprint density at radius 2 is 1.81 bits per heavy atom. The van der Waals surface area contributed by atoms with E-state index in [4.69, 9.17) is 14.2 Å². The van der Waals surface area contributed by atoms with Gasteiger partial charge in [-0.1, -0.05) is 11.3 Å². The van der Waals surface area contributed by atoms with Crippen LogP contribution in [0.2, 0.25) is 0 Å². The molecule has 0 bridgehead atoms. The van der Waals surface area contributed by atoms with Crippen LogP contribution in [0.5, 0.6) is 17.2 Å². The van der Waals surface area contributed by atoms with Gasteiger partial charge in [0.2, 0.25) is 0 Å². The molecular weight excluding hydrogens is 416 g/mol. The summed E-state index contributed by atoms with van der Waals surface area (Å²) in [5.74, 6) is 1.88. The van der Waals surface area contributed by atoms with Crippen molar-refractivity contribution in [1.29, 1.82) is 0 Å². The third kappa shape index (κ3) is 4.95. The van der Waals surface area contributed by atoms with Gasteiger partial charge in [0.05, 0.1) is 31.0 Å². The first-order chi connectivity index (χ1) is 15.2. The van der Waals surface area contributed by atoms with E-state index in [1.807, 2.05) is 30.5 Å². The van der Waals surface area contributed by atoms with Crippen molar-refractivity contribution in [2.75, 3.05) is 32.3 Å². The first-order valence-corrected chi connectivity index (χ1v) is 10.5. The van der Waals surface area contributed by atoms with Crippen LogP contribution in [-0.2, 0) is 11.3 Å².